The summed E-state index contributed by atoms with van der Waals surface area (Å²) in [6.45, 7) is 5.94. The van der Waals surface area contributed by atoms with E-state index < -0.39 is 5.54 Å². The Labute approximate surface area is 90.0 Å². The minimum atomic E-state index is -0.571. The Hall–Kier alpha value is -0.220. The fourth-order valence-electron chi connectivity index (χ4n) is 1.70. The molecule has 0 saturated carbocycles. The lowest BCUT2D eigenvalue weighted by Crippen LogP contribution is -2.53. The first-order valence-electron chi connectivity index (χ1n) is 4.95. The molecular formula is C10H19NO2S. The molecule has 0 aromatic heterocycles. The Balaban J connectivity index is 2.53. The summed E-state index contributed by atoms with van der Waals surface area (Å²) in [7, 11) is 1.43. The van der Waals surface area contributed by atoms with Crippen LogP contribution in [0.15, 0.2) is 0 Å². The van der Waals surface area contributed by atoms with Gasteiger partial charge < -0.3 is 4.74 Å². The molecule has 0 aromatic carbocycles. The molecule has 1 aliphatic heterocycles. The van der Waals surface area contributed by atoms with Crippen LogP contribution in [-0.2, 0) is 9.53 Å². The lowest BCUT2D eigenvalue weighted by molar-refractivity contribution is -0.147. The summed E-state index contributed by atoms with van der Waals surface area (Å²) < 4.78 is 4.75. The molecule has 0 aliphatic carbocycles. The van der Waals surface area contributed by atoms with Crippen LogP contribution in [-0.4, -0.2) is 35.7 Å². The van der Waals surface area contributed by atoms with Crippen molar-refractivity contribution >= 4 is 17.7 Å². The Morgan fingerprint density at radius 1 is 1.57 bits per heavy atom. The van der Waals surface area contributed by atoms with Crippen LogP contribution < -0.4 is 5.32 Å². The van der Waals surface area contributed by atoms with Crippen molar-refractivity contribution in [2.45, 2.75) is 44.0 Å². The Kier molecular flexibility index (Phi) is 3.84. The molecular weight excluding hydrogens is 198 g/mol. The monoisotopic (exact) mass is 217 g/mol. The second kappa shape index (κ2) is 4.53. The van der Waals surface area contributed by atoms with E-state index in [1.165, 1.54) is 12.9 Å². The van der Waals surface area contributed by atoms with Crippen molar-refractivity contribution in [2.75, 3.05) is 12.9 Å². The van der Waals surface area contributed by atoms with Gasteiger partial charge in [0.1, 0.15) is 5.54 Å². The predicted molar refractivity (Wildman–Crippen MR) is 59.6 cm³/mol. The second-order valence-corrected chi connectivity index (χ2v) is 5.72. The van der Waals surface area contributed by atoms with E-state index in [0.717, 1.165) is 6.42 Å². The average molecular weight is 217 g/mol. The number of esters is 1. The van der Waals surface area contributed by atoms with Gasteiger partial charge in [0.2, 0.25) is 0 Å². The van der Waals surface area contributed by atoms with E-state index in [-0.39, 0.29) is 5.97 Å². The summed E-state index contributed by atoms with van der Waals surface area (Å²) in [5.74, 6) is 0.984. The minimum absolute atomic E-state index is 0.193. The van der Waals surface area contributed by atoms with Gasteiger partial charge in [-0.3, -0.25) is 10.1 Å². The topological polar surface area (TPSA) is 38.3 Å². The van der Waals surface area contributed by atoms with Crippen LogP contribution >= 0.6 is 11.8 Å². The molecule has 1 N–H and O–H groups in total. The van der Waals surface area contributed by atoms with E-state index in [1.807, 2.05) is 25.6 Å². The maximum atomic E-state index is 11.4. The molecule has 82 valence electrons. The summed E-state index contributed by atoms with van der Waals surface area (Å²) in [5, 5.41) is 3.94. The Bertz CT molecular complexity index is 218. The van der Waals surface area contributed by atoms with Crippen molar-refractivity contribution in [2.24, 2.45) is 0 Å². The van der Waals surface area contributed by atoms with E-state index in [9.17, 15) is 4.79 Å². The van der Waals surface area contributed by atoms with Crippen molar-refractivity contribution in [3.8, 4) is 0 Å². The van der Waals surface area contributed by atoms with Gasteiger partial charge in [-0.05, 0) is 26.0 Å². The normalized spacial score (nSPS) is 27.7. The van der Waals surface area contributed by atoms with Crippen LogP contribution in [0.5, 0.6) is 0 Å². The average Bonchev–Trinajstić information content (AvgIpc) is 2.50. The summed E-state index contributed by atoms with van der Waals surface area (Å²) in [6, 6.07) is 0.425. The molecule has 2 atom stereocenters. The lowest BCUT2D eigenvalue weighted by Gasteiger charge is -2.29. The number of carbonyl (C=O) groups excluding carboxylic acids is 1. The minimum Gasteiger partial charge on any atom is -0.468 e. The molecule has 0 bridgehead atoms. The zero-order chi connectivity index (χ0) is 10.8. The third-order valence-electron chi connectivity index (χ3n) is 2.62. The Morgan fingerprint density at radius 3 is 2.64 bits per heavy atom. The van der Waals surface area contributed by atoms with Crippen molar-refractivity contribution in [3.63, 3.8) is 0 Å². The van der Waals surface area contributed by atoms with E-state index >= 15 is 0 Å². The number of nitrogens with one attached hydrogen (secondary N) is 1. The van der Waals surface area contributed by atoms with Crippen LogP contribution in [0.1, 0.15) is 27.2 Å². The third-order valence-corrected chi connectivity index (χ3v) is 3.94. The highest BCUT2D eigenvalue weighted by Crippen LogP contribution is 2.27. The molecule has 0 aromatic rings. The standard InChI is InChI=1S/C10H19NO2S/c1-7-8(5-6-14-7)11-10(2,3)9(12)13-4/h7-8,11H,5-6H2,1-4H3. The summed E-state index contributed by atoms with van der Waals surface area (Å²) >= 11 is 1.95. The lowest BCUT2D eigenvalue weighted by atomic mass is 10.0. The molecule has 0 spiro atoms. The molecule has 0 radical (unpaired) electrons. The zero-order valence-electron chi connectivity index (χ0n) is 9.29. The van der Waals surface area contributed by atoms with Gasteiger partial charge in [0, 0.05) is 11.3 Å². The number of methoxy groups -OCH3 is 1. The molecule has 1 fully saturated rings. The molecule has 3 nitrogen and oxygen atoms in total. The number of carbonyl (C=O) groups is 1. The number of hydrogen-bond donors (Lipinski definition) is 1. The van der Waals surface area contributed by atoms with Gasteiger partial charge >= 0.3 is 5.97 Å². The first-order valence-corrected chi connectivity index (χ1v) is 6.00. The van der Waals surface area contributed by atoms with Crippen molar-refractivity contribution in [1.29, 1.82) is 0 Å². The van der Waals surface area contributed by atoms with E-state index in [2.05, 4.69) is 12.2 Å². The van der Waals surface area contributed by atoms with Crippen LogP contribution in [0.4, 0.5) is 0 Å². The van der Waals surface area contributed by atoms with Crippen LogP contribution in [0.3, 0.4) is 0 Å². The van der Waals surface area contributed by atoms with Gasteiger partial charge in [0.05, 0.1) is 7.11 Å². The quantitative estimate of drug-likeness (QED) is 0.726. The van der Waals surface area contributed by atoms with Gasteiger partial charge in [-0.2, -0.15) is 11.8 Å². The van der Waals surface area contributed by atoms with E-state index in [1.54, 1.807) is 0 Å². The van der Waals surface area contributed by atoms with E-state index in [4.69, 9.17) is 4.74 Å². The van der Waals surface area contributed by atoms with Gasteiger partial charge in [0.15, 0.2) is 0 Å². The molecule has 1 rings (SSSR count). The van der Waals surface area contributed by atoms with Crippen LogP contribution in [0.2, 0.25) is 0 Å². The molecule has 1 aliphatic rings. The number of hydrogen-bond acceptors (Lipinski definition) is 4. The van der Waals surface area contributed by atoms with Gasteiger partial charge in [0.25, 0.3) is 0 Å². The Morgan fingerprint density at radius 2 is 2.21 bits per heavy atom. The van der Waals surface area contributed by atoms with Crippen molar-refractivity contribution < 1.29 is 9.53 Å². The highest BCUT2D eigenvalue weighted by Gasteiger charge is 2.34. The number of ether oxygens (including phenoxy) is 1. The fraction of sp³-hybridized carbons (Fsp3) is 0.900. The van der Waals surface area contributed by atoms with Crippen LogP contribution in [0.25, 0.3) is 0 Å². The van der Waals surface area contributed by atoms with Gasteiger partial charge in [-0.15, -0.1) is 0 Å². The smallest absolute Gasteiger partial charge is 0.325 e. The predicted octanol–water partition coefficient (Wildman–Crippen LogP) is 1.42. The van der Waals surface area contributed by atoms with Gasteiger partial charge in [-0.25, -0.2) is 0 Å². The summed E-state index contributed by atoms with van der Waals surface area (Å²) in [6.07, 6.45) is 1.13. The molecule has 2 unspecified atom stereocenters. The summed E-state index contributed by atoms with van der Waals surface area (Å²) in [5.41, 5.74) is -0.571. The molecule has 1 saturated heterocycles. The SMILES string of the molecule is COC(=O)C(C)(C)NC1CCSC1C. The number of thioether (sulfide) groups is 1. The first-order chi connectivity index (χ1) is 6.47. The third kappa shape index (κ3) is 2.64. The molecule has 4 heteroatoms. The van der Waals surface area contributed by atoms with Gasteiger partial charge in [-0.1, -0.05) is 6.92 Å². The molecule has 14 heavy (non-hydrogen) atoms. The van der Waals surface area contributed by atoms with Crippen molar-refractivity contribution in [3.05, 3.63) is 0 Å². The fourth-order valence-corrected chi connectivity index (χ4v) is 2.90. The maximum absolute atomic E-state index is 11.4. The van der Waals surface area contributed by atoms with E-state index in [0.29, 0.717) is 11.3 Å². The number of rotatable bonds is 3. The van der Waals surface area contributed by atoms with Crippen molar-refractivity contribution in [1.82, 2.24) is 5.32 Å². The maximum Gasteiger partial charge on any atom is 0.325 e. The second-order valence-electron chi connectivity index (χ2n) is 4.23. The molecule has 0 amide bonds. The van der Waals surface area contributed by atoms with Crippen LogP contribution in [0, 0.1) is 0 Å². The first kappa shape index (κ1) is 11.9. The molecule has 1 heterocycles. The highest BCUT2D eigenvalue weighted by atomic mass is 32.2. The highest BCUT2D eigenvalue weighted by molar-refractivity contribution is 8.00. The largest absolute Gasteiger partial charge is 0.468 e. The summed E-state index contributed by atoms with van der Waals surface area (Å²) in [4.78, 5) is 11.4. The zero-order valence-corrected chi connectivity index (χ0v) is 10.1.